The van der Waals surface area contributed by atoms with Crippen LogP contribution in [0.3, 0.4) is 0 Å². The molecule has 2 aliphatic rings. The van der Waals surface area contributed by atoms with E-state index in [1.807, 2.05) is 4.93 Å². The predicted molar refractivity (Wildman–Crippen MR) is 100 cm³/mol. The molecule has 0 radical (unpaired) electrons. The summed E-state index contributed by atoms with van der Waals surface area (Å²) in [5.74, 6) is 0. The van der Waals surface area contributed by atoms with E-state index in [2.05, 4.69) is 69.3 Å². The number of hydrogen-bond donors (Lipinski definition) is 0. The third-order valence-corrected chi connectivity index (χ3v) is 8.89. The van der Waals surface area contributed by atoms with Gasteiger partial charge >= 0.3 is 0 Å². The molecule has 3 rings (SSSR count). The van der Waals surface area contributed by atoms with Gasteiger partial charge in [-0.25, -0.2) is 0 Å². The monoisotopic (exact) mass is 402 g/mol. The van der Waals surface area contributed by atoms with Crippen LogP contribution < -0.4 is 5.19 Å². The number of rotatable bonds is 7. The van der Waals surface area contributed by atoms with E-state index in [-0.39, 0.29) is 0 Å². The number of halogens is 1. The normalized spacial score (nSPS) is 18.4. The minimum absolute atomic E-state index is 1.25. The van der Waals surface area contributed by atoms with E-state index in [0.29, 0.717) is 0 Å². The van der Waals surface area contributed by atoms with Crippen molar-refractivity contribution in [1.82, 2.24) is 9.80 Å². The lowest BCUT2D eigenvalue weighted by atomic mass is 10.4. The summed E-state index contributed by atoms with van der Waals surface area (Å²) in [5.41, 5.74) is 0. The van der Waals surface area contributed by atoms with Crippen LogP contribution >= 0.6 is 22.6 Å². The molecule has 0 aromatic heterocycles. The zero-order valence-electron chi connectivity index (χ0n) is 12.8. The smallest absolute Gasteiger partial charge is 0.0861 e. The van der Waals surface area contributed by atoms with E-state index in [1.54, 1.807) is 5.19 Å². The summed E-state index contributed by atoms with van der Waals surface area (Å²) in [5, 5.41) is 1.66. The fourth-order valence-electron chi connectivity index (χ4n) is 2.65. The lowest BCUT2D eigenvalue weighted by molar-refractivity contribution is 0.576. The molecule has 0 atom stereocenters. The van der Waals surface area contributed by atoms with Crippen LogP contribution in [0, 0.1) is 0 Å². The van der Waals surface area contributed by atoms with E-state index in [1.165, 1.54) is 51.4 Å². The van der Waals surface area contributed by atoms with Crippen LogP contribution in [-0.4, -0.2) is 62.1 Å². The Morgan fingerprint density at radius 1 is 0.900 bits per heavy atom. The van der Waals surface area contributed by atoms with Crippen LogP contribution in [0.1, 0.15) is 0 Å². The SMILES string of the molecule is CI.C[Si](CCN1CC1)(CCN1CC1)c1ccccc1. The summed E-state index contributed by atoms with van der Waals surface area (Å²) in [6, 6.07) is 14.2. The molecule has 112 valence electrons. The number of nitrogens with zero attached hydrogens (tertiary/aromatic N) is 2. The van der Waals surface area contributed by atoms with Crippen molar-refractivity contribution in [3.63, 3.8) is 0 Å². The van der Waals surface area contributed by atoms with Crippen LogP contribution in [-0.2, 0) is 0 Å². The molecule has 4 heteroatoms. The second-order valence-corrected chi connectivity index (χ2v) is 10.8. The minimum Gasteiger partial charge on any atom is -0.301 e. The van der Waals surface area contributed by atoms with Crippen molar-refractivity contribution in [2.75, 3.05) is 44.2 Å². The van der Waals surface area contributed by atoms with Crippen molar-refractivity contribution in [2.45, 2.75) is 18.6 Å². The standard InChI is InChI=1S/C15H24N2Si.CH3I/c1-18(13-11-16-7-8-16,14-12-17-9-10-17)15-5-3-2-4-6-15;1-2/h2-6H,7-14H2,1H3;1H3. The topological polar surface area (TPSA) is 6.02 Å². The molecule has 2 saturated heterocycles. The van der Waals surface area contributed by atoms with Gasteiger partial charge in [0.1, 0.15) is 0 Å². The molecule has 2 aliphatic heterocycles. The Labute approximate surface area is 138 Å². The van der Waals surface area contributed by atoms with E-state index < -0.39 is 8.07 Å². The summed E-state index contributed by atoms with van der Waals surface area (Å²) in [6.45, 7) is 10.6. The molecule has 1 aromatic carbocycles. The summed E-state index contributed by atoms with van der Waals surface area (Å²) >= 11 is 2.15. The van der Waals surface area contributed by atoms with Crippen molar-refractivity contribution in [3.05, 3.63) is 30.3 Å². The Morgan fingerprint density at radius 2 is 1.35 bits per heavy atom. The lowest BCUT2D eigenvalue weighted by Gasteiger charge is -2.28. The highest BCUT2D eigenvalue weighted by molar-refractivity contribution is 14.1. The Kier molecular flexibility index (Phi) is 6.51. The first-order valence-corrected chi connectivity index (χ1v) is 12.7. The summed E-state index contributed by atoms with van der Waals surface area (Å²) in [6.07, 6.45) is 0. The second kappa shape index (κ2) is 7.92. The maximum atomic E-state index is 2.59. The molecule has 2 nitrogen and oxygen atoms in total. The quantitative estimate of drug-likeness (QED) is 0.299. The van der Waals surface area contributed by atoms with E-state index in [0.717, 1.165) is 0 Å². The molecular formula is C16H27IN2Si. The fraction of sp³-hybridized carbons (Fsp3) is 0.625. The maximum Gasteiger partial charge on any atom is 0.0861 e. The highest BCUT2D eigenvalue weighted by atomic mass is 127. The molecule has 0 unspecified atom stereocenters. The van der Waals surface area contributed by atoms with Crippen molar-refractivity contribution < 1.29 is 0 Å². The summed E-state index contributed by atoms with van der Waals surface area (Å²) in [4.78, 5) is 7.12. The Balaban J connectivity index is 0.000000704. The van der Waals surface area contributed by atoms with Gasteiger partial charge in [0.2, 0.25) is 0 Å². The van der Waals surface area contributed by atoms with Gasteiger partial charge in [-0.15, -0.1) is 0 Å². The van der Waals surface area contributed by atoms with Crippen molar-refractivity contribution in [1.29, 1.82) is 0 Å². The second-order valence-electron chi connectivity index (χ2n) is 6.11. The van der Waals surface area contributed by atoms with Gasteiger partial charge in [0, 0.05) is 26.2 Å². The van der Waals surface area contributed by atoms with Gasteiger partial charge in [0.15, 0.2) is 0 Å². The number of alkyl halides is 1. The summed E-state index contributed by atoms with van der Waals surface area (Å²) < 4.78 is 0. The average Bonchev–Trinajstić information content (AvgIpc) is 3.41. The Bertz CT molecular complexity index is 375. The van der Waals surface area contributed by atoms with Gasteiger partial charge in [0.25, 0.3) is 0 Å². The zero-order valence-corrected chi connectivity index (χ0v) is 16.0. The highest BCUT2D eigenvalue weighted by Crippen LogP contribution is 2.21. The van der Waals surface area contributed by atoms with Crippen LogP contribution in [0.2, 0.25) is 18.6 Å². The Morgan fingerprint density at radius 3 is 1.75 bits per heavy atom. The predicted octanol–water partition coefficient (Wildman–Crippen LogP) is 2.65. The van der Waals surface area contributed by atoms with Gasteiger partial charge in [-0.05, 0) is 30.1 Å². The average molecular weight is 402 g/mol. The number of benzene rings is 1. The van der Waals surface area contributed by atoms with Crippen molar-refractivity contribution >= 4 is 35.9 Å². The Hall–Kier alpha value is 0.0869. The van der Waals surface area contributed by atoms with Crippen LogP contribution in [0.15, 0.2) is 30.3 Å². The van der Waals surface area contributed by atoms with E-state index >= 15 is 0 Å². The maximum absolute atomic E-state index is 2.59. The number of hydrogen-bond acceptors (Lipinski definition) is 2. The first-order valence-electron chi connectivity index (χ1n) is 7.64. The highest BCUT2D eigenvalue weighted by Gasteiger charge is 2.32. The molecule has 0 spiro atoms. The summed E-state index contributed by atoms with van der Waals surface area (Å²) in [7, 11) is -1.25. The molecule has 0 saturated carbocycles. The first-order chi connectivity index (χ1) is 9.76. The molecule has 0 bridgehead atoms. The molecule has 2 heterocycles. The van der Waals surface area contributed by atoms with Crippen LogP contribution in [0.4, 0.5) is 0 Å². The molecule has 0 amide bonds. The zero-order chi connectivity index (χ0) is 14.4. The van der Waals surface area contributed by atoms with E-state index in [9.17, 15) is 0 Å². The lowest BCUT2D eigenvalue weighted by Crippen LogP contribution is -2.47. The van der Waals surface area contributed by atoms with Gasteiger partial charge in [-0.1, -0.05) is 64.7 Å². The van der Waals surface area contributed by atoms with E-state index in [4.69, 9.17) is 0 Å². The molecule has 1 aromatic rings. The minimum atomic E-state index is -1.25. The van der Waals surface area contributed by atoms with Crippen LogP contribution in [0.25, 0.3) is 0 Å². The molecular weight excluding hydrogens is 375 g/mol. The molecule has 2 fully saturated rings. The fourth-order valence-corrected chi connectivity index (χ4v) is 6.10. The molecule has 0 N–H and O–H groups in total. The largest absolute Gasteiger partial charge is 0.301 e. The molecule has 0 aliphatic carbocycles. The third kappa shape index (κ3) is 5.13. The van der Waals surface area contributed by atoms with Crippen LogP contribution in [0.5, 0.6) is 0 Å². The van der Waals surface area contributed by atoms with Gasteiger partial charge in [-0.3, -0.25) is 0 Å². The van der Waals surface area contributed by atoms with Crippen molar-refractivity contribution in [3.8, 4) is 0 Å². The molecule has 20 heavy (non-hydrogen) atoms. The van der Waals surface area contributed by atoms with Gasteiger partial charge in [-0.2, -0.15) is 0 Å². The first kappa shape index (κ1) is 16.5. The van der Waals surface area contributed by atoms with Crippen molar-refractivity contribution in [2.24, 2.45) is 0 Å². The van der Waals surface area contributed by atoms with Gasteiger partial charge in [0.05, 0.1) is 8.07 Å². The third-order valence-electron chi connectivity index (χ3n) is 4.51. The van der Waals surface area contributed by atoms with Gasteiger partial charge < -0.3 is 9.80 Å².